The highest BCUT2D eigenvalue weighted by atomic mass is 17.3. The maximum Gasteiger partial charge on any atom is 0.549 e. The van der Waals surface area contributed by atoms with Gasteiger partial charge in [-0.25, -0.2) is 58.3 Å². The van der Waals surface area contributed by atoms with Crippen LogP contribution >= 0.6 is 0 Å². The molecule has 0 aromatic heterocycles. The number of benzene rings is 4. The fourth-order valence-corrected chi connectivity index (χ4v) is 7.17. The Balaban J connectivity index is 1.57. The van der Waals surface area contributed by atoms with E-state index in [1.165, 1.54) is 134 Å². The number of ether oxygens (including phenoxy) is 16. The molecule has 0 N–H and O–H groups in total. The lowest BCUT2D eigenvalue weighted by Crippen LogP contribution is -2.30. The molecule has 4 rings (SSSR count). The standard InChI is InChI=1S/C52H58O32/c1-61-33-21-41(69-9)37(65-5)17-29(33)45(53)77-81-49(57)73-15-13-27(25-75-51(59)83-79-47(55)31-19-39(67-7)43(71-11)23-35(31)63-3)28(26-76-52(60)84-80-48(56)32-20-40(68-8)44(72-12)24-36(32)64-4)14-16-74-50(58)82-78-46(54)30-18-38(66-6)42(70-10)22-34(30)62-2/h17-24,27-28H,13-16,25-26H2,1-12H3. The predicted octanol–water partition coefficient (Wildman–Crippen LogP) is 6.80. The van der Waals surface area contributed by atoms with Gasteiger partial charge in [0.1, 0.15) is 45.3 Å². The fraction of sp³-hybridized carbons (Fsp3) is 0.385. The second-order valence-electron chi connectivity index (χ2n) is 15.9. The van der Waals surface area contributed by atoms with Crippen molar-refractivity contribution >= 4 is 48.5 Å². The van der Waals surface area contributed by atoms with Crippen molar-refractivity contribution in [1.82, 2.24) is 0 Å². The van der Waals surface area contributed by atoms with Crippen molar-refractivity contribution in [2.75, 3.05) is 112 Å². The number of rotatable bonds is 27. The van der Waals surface area contributed by atoms with Gasteiger partial charge in [0.05, 0.1) is 112 Å². The van der Waals surface area contributed by atoms with Gasteiger partial charge in [0.25, 0.3) is 0 Å². The summed E-state index contributed by atoms with van der Waals surface area (Å²) in [5, 5.41) is 0. The molecule has 0 bridgehead atoms. The lowest BCUT2D eigenvalue weighted by molar-refractivity contribution is -0.208. The van der Waals surface area contributed by atoms with Crippen LogP contribution in [0.2, 0.25) is 0 Å². The Labute approximate surface area is 477 Å². The minimum absolute atomic E-state index is 0.0617. The van der Waals surface area contributed by atoms with Crippen LogP contribution in [0, 0.1) is 11.8 Å². The van der Waals surface area contributed by atoms with Crippen LogP contribution in [-0.4, -0.2) is 160 Å². The number of hydrogen-bond donors (Lipinski definition) is 0. The molecule has 4 aromatic rings. The smallest absolute Gasteiger partial charge is 0.496 e. The van der Waals surface area contributed by atoms with E-state index in [9.17, 15) is 38.4 Å². The summed E-state index contributed by atoms with van der Waals surface area (Å²) < 4.78 is 83.3. The fourth-order valence-electron chi connectivity index (χ4n) is 7.17. The lowest BCUT2D eigenvalue weighted by atomic mass is 9.88. The number of methoxy groups -OCH3 is 12. The maximum atomic E-state index is 13.1. The van der Waals surface area contributed by atoms with Gasteiger partial charge in [0.2, 0.25) is 0 Å². The van der Waals surface area contributed by atoms with Gasteiger partial charge in [-0.15, -0.1) is 0 Å². The van der Waals surface area contributed by atoms with Gasteiger partial charge in [-0.2, -0.15) is 19.2 Å². The van der Waals surface area contributed by atoms with E-state index in [1.807, 2.05) is 0 Å². The number of carbonyl (C=O) groups excluding carboxylic acids is 8. The Kier molecular flexibility index (Phi) is 26.1. The molecule has 0 saturated heterocycles. The van der Waals surface area contributed by atoms with E-state index < -0.39 is 99.6 Å². The number of hydrogen-bond acceptors (Lipinski definition) is 32. The van der Waals surface area contributed by atoms with E-state index >= 15 is 0 Å². The molecule has 32 nitrogen and oxygen atoms in total. The lowest BCUT2D eigenvalue weighted by Gasteiger charge is -2.26. The first-order chi connectivity index (χ1) is 40.4. The molecule has 458 valence electrons. The Morgan fingerprint density at radius 1 is 0.262 bits per heavy atom. The molecule has 2 unspecified atom stereocenters. The zero-order valence-corrected chi connectivity index (χ0v) is 47.1. The summed E-state index contributed by atoms with van der Waals surface area (Å²) in [5.74, 6) is -6.69. The number of carbonyl (C=O) groups is 8. The van der Waals surface area contributed by atoms with E-state index in [2.05, 4.69) is 29.3 Å². The van der Waals surface area contributed by atoms with Crippen LogP contribution in [-0.2, 0) is 58.0 Å². The minimum atomic E-state index is -1.64. The second-order valence-corrected chi connectivity index (χ2v) is 15.9. The summed E-state index contributed by atoms with van der Waals surface area (Å²) in [4.78, 5) is 141. The predicted molar refractivity (Wildman–Crippen MR) is 272 cm³/mol. The van der Waals surface area contributed by atoms with Crippen molar-refractivity contribution < 1.29 is 153 Å². The van der Waals surface area contributed by atoms with Crippen LogP contribution in [0.4, 0.5) is 19.2 Å². The first-order valence-electron chi connectivity index (χ1n) is 23.8. The summed E-state index contributed by atoms with van der Waals surface area (Å²) in [5.41, 5.74) is -1.10. The van der Waals surface area contributed by atoms with Gasteiger partial charge in [-0.05, 0) is 12.8 Å². The van der Waals surface area contributed by atoms with Gasteiger partial charge in [0.15, 0.2) is 46.0 Å². The van der Waals surface area contributed by atoms with Crippen LogP contribution in [0.1, 0.15) is 54.3 Å². The zero-order chi connectivity index (χ0) is 61.9. The average molecular weight is 1200 g/mol. The van der Waals surface area contributed by atoms with E-state index in [0.717, 1.165) is 0 Å². The first kappa shape index (κ1) is 66.0. The molecule has 32 heteroatoms. The van der Waals surface area contributed by atoms with Crippen LogP contribution in [0.3, 0.4) is 0 Å². The Bertz CT molecular complexity index is 2740. The highest BCUT2D eigenvalue weighted by Gasteiger charge is 2.31. The molecule has 0 aliphatic carbocycles. The molecular formula is C52H58O32. The monoisotopic (exact) mass is 1190 g/mol. The van der Waals surface area contributed by atoms with Crippen molar-refractivity contribution in [2.24, 2.45) is 11.8 Å². The Morgan fingerprint density at radius 3 is 0.655 bits per heavy atom. The third kappa shape index (κ3) is 18.2. The molecule has 0 saturated carbocycles. The molecule has 0 amide bonds. The molecule has 0 radical (unpaired) electrons. The van der Waals surface area contributed by atoms with E-state index in [4.69, 9.17) is 85.6 Å². The van der Waals surface area contributed by atoms with E-state index in [0.29, 0.717) is 0 Å². The van der Waals surface area contributed by atoms with Gasteiger partial charge < -0.3 is 75.8 Å². The highest BCUT2D eigenvalue weighted by molar-refractivity contribution is 5.95. The molecule has 0 spiro atoms. The summed E-state index contributed by atoms with van der Waals surface area (Å²) in [6.07, 6.45) is -7.25. The topological polar surface area (TPSA) is 358 Å². The minimum Gasteiger partial charge on any atom is -0.496 e. The molecule has 0 fully saturated rings. The van der Waals surface area contributed by atoms with Crippen molar-refractivity contribution in [3.8, 4) is 69.0 Å². The van der Waals surface area contributed by atoms with Crippen LogP contribution < -0.4 is 56.8 Å². The summed E-state index contributed by atoms with van der Waals surface area (Å²) in [6.45, 7) is -2.90. The Morgan fingerprint density at radius 2 is 0.452 bits per heavy atom. The van der Waals surface area contributed by atoms with Crippen LogP contribution in [0.15, 0.2) is 48.5 Å². The first-order valence-corrected chi connectivity index (χ1v) is 23.8. The van der Waals surface area contributed by atoms with Crippen LogP contribution in [0.25, 0.3) is 0 Å². The second kappa shape index (κ2) is 33.3. The van der Waals surface area contributed by atoms with Crippen molar-refractivity contribution in [2.45, 2.75) is 12.8 Å². The highest BCUT2D eigenvalue weighted by Crippen LogP contribution is 2.39. The SMILES string of the molecule is COc1cc(OC)c(C(=O)OOC(=O)OCCC(COC(=O)OOC(=O)c2cc(OC)c(OC)cc2OC)C(CCOC(=O)OOC(=O)c2cc(OC)c(OC)cc2OC)COC(=O)OOC(=O)c2cc(OC)c(OC)cc2OC)cc1OC. The normalized spacial score (nSPS) is 11.0. The van der Waals surface area contributed by atoms with Gasteiger partial charge in [-0.1, -0.05) is 0 Å². The maximum absolute atomic E-state index is 13.1. The van der Waals surface area contributed by atoms with E-state index in [1.54, 1.807) is 0 Å². The molecule has 0 heterocycles. The van der Waals surface area contributed by atoms with Crippen molar-refractivity contribution in [1.29, 1.82) is 0 Å². The average Bonchev–Trinajstić information content (AvgIpc) is 3.25. The molecule has 2 atom stereocenters. The molecule has 84 heavy (non-hydrogen) atoms. The van der Waals surface area contributed by atoms with Crippen LogP contribution in [0.5, 0.6) is 69.0 Å². The zero-order valence-electron chi connectivity index (χ0n) is 47.1. The summed E-state index contributed by atoms with van der Waals surface area (Å²) >= 11 is 0. The molecule has 0 aliphatic heterocycles. The summed E-state index contributed by atoms with van der Waals surface area (Å²) in [7, 11) is 15.4. The van der Waals surface area contributed by atoms with Crippen molar-refractivity contribution in [3.05, 3.63) is 70.8 Å². The molecule has 4 aromatic carbocycles. The summed E-state index contributed by atoms with van der Waals surface area (Å²) in [6, 6.07) is 9.90. The van der Waals surface area contributed by atoms with Gasteiger partial charge >= 0.3 is 48.5 Å². The van der Waals surface area contributed by atoms with Gasteiger partial charge in [-0.3, -0.25) is 0 Å². The van der Waals surface area contributed by atoms with Gasteiger partial charge in [0, 0.05) is 60.4 Å². The molecular weight excluding hydrogens is 1140 g/mol. The third-order valence-electron chi connectivity index (χ3n) is 11.4. The van der Waals surface area contributed by atoms with E-state index in [-0.39, 0.29) is 91.2 Å². The Hall–Kier alpha value is -10.6. The molecule has 0 aliphatic rings. The third-order valence-corrected chi connectivity index (χ3v) is 11.4. The van der Waals surface area contributed by atoms with Crippen molar-refractivity contribution in [3.63, 3.8) is 0 Å². The largest absolute Gasteiger partial charge is 0.549 e. The quantitative estimate of drug-likeness (QED) is 0.0256.